The maximum atomic E-state index is 13.4. The second kappa shape index (κ2) is 9.05. The maximum absolute atomic E-state index is 13.4. The third kappa shape index (κ3) is 4.80. The Bertz CT molecular complexity index is 1050. The van der Waals surface area contributed by atoms with Gasteiger partial charge < -0.3 is 18.9 Å². The summed E-state index contributed by atoms with van der Waals surface area (Å²) < 4.78 is 86.2. The molecule has 0 radical (unpaired) electrons. The number of hydrogen-bond donors (Lipinski definition) is 0. The van der Waals surface area contributed by atoms with E-state index in [9.17, 15) is 21.6 Å². The van der Waals surface area contributed by atoms with Gasteiger partial charge in [0.1, 0.15) is 16.4 Å². The second-order valence-corrected chi connectivity index (χ2v) is 9.33. The van der Waals surface area contributed by atoms with Crippen molar-refractivity contribution in [3.8, 4) is 23.0 Å². The van der Waals surface area contributed by atoms with Crippen LogP contribution >= 0.6 is 11.8 Å². The van der Waals surface area contributed by atoms with Crippen LogP contribution in [0.1, 0.15) is 10.9 Å². The van der Waals surface area contributed by atoms with Gasteiger partial charge in [0, 0.05) is 23.9 Å². The molecule has 1 atom stereocenters. The van der Waals surface area contributed by atoms with Crippen LogP contribution in [0, 0.1) is 0 Å². The Kier molecular flexibility index (Phi) is 6.82. The largest absolute Gasteiger partial charge is 0.573 e. The fourth-order valence-electron chi connectivity index (χ4n) is 3.19. The van der Waals surface area contributed by atoms with Crippen molar-refractivity contribution in [2.24, 2.45) is 0 Å². The van der Waals surface area contributed by atoms with Crippen molar-refractivity contribution in [2.75, 3.05) is 33.6 Å². The molecular formula is C19H20F3NO6S2. The smallest absolute Gasteiger partial charge is 0.496 e. The van der Waals surface area contributed by atoms with Gasteiger partial charge in [-0.3, -0.25) is 0 Å². The first kappa shape index (κ1) is 23.4. The average Bonchev–Trinajstić information content (AvgIpc) is 3.22. The Hall–Kier alpha value is -2.31. The zero-order valence-electron chi connectivity index (χ0n) is 16.8. The molecule has 1 unspecified atom stereocenters. The van der Waals surface area contributed by atoms with Crippen molar-refractivity contribution in [3.05, 3.63) is 42.0 Å². The van der Waals surface area contributed by atoms with Crippen molar-refractivity contribution in [3.63, 3.8) is 0 Å². The van der Waals surface area contributed by atoms with Crippen molar-refractivity contribution >= 4 is 21.8 Å². The van der Waals surface area contributed by atoms with E-state index >= 15 is 0 Å². The van der Waals surface area contributed by atoms with Gasteiger partial charge in [0.15, 0.2) is 11.5 Å². The SMILES string of the molecule is COc1cc(OC)c(C2SCCN2S(=O)(=O)c2ccccc2OC(F)(F)F)cc1OC. The summed E-state index contributed by atoms with van der Waals surface area (Å²) >= 11 is 1.31. The molecule has 1 heterocycles. The topological polar surface area (TPSA) is 74.3 Å². The van der Waals surface area contributed by atoms with E-state index in [0.29, 0.717) is 28.6 Å². The highest BCUT2D eigenvalue weighted by molar-refractivity contribution is 8.01. The number of methoxy groups -OCH3 is 3. The Morgan fingerprint density at radius 2 is 1.58 bits per heavy atom. The predicted molar refractivity (Wildman–Crippen MR) is 108 cm³/mol. The summed E-state index contributed by atoms with van der Waals surface area (Å²) in [5, 5.41) is -0.751. The Balaban J connectivity index is 2.07. The summed E-state index contributed by atoms with van der Waals surface area (Å²) in [6.07, 6.45) is -5.03. The number of ether oxygens (including phenoxy) is 4. The summed E-state index contributed by atoms with van der Waals surface area (Å²) in [6, 6.07) is 7.83. The third-order valence-electron chi connectivity index (χ3n) is 4.51. The number of sulfonamides is 1. The van der Waals surface area contributed by atoms with Crippen LogP contribution in [0.5, 0.6) is 23.0 Å². The second-order valence-electron chi connectivity index (χ2n) is 6.28. The first-order chi connectivity index (χ1) is 14.6. The van der Waals surface area contributed by atoms with Crippen LogP contribution in [-0.4, -0.2) is 52.7 Å². The molecule has 0 spiro atoms. The van der Waals surface area contributed by atoms with Gasteiger partial charge in [-0.1, -0.05) is 12.1 Å². The Morgan fingerprint density at radius 1 is 0.968 bits per heavy atom. The molecule has 31 heavy (non-hydrogen) atoms. The van der Waals surface area contributed by atoms with Crippen LogP contribution in [0.3, 0.4) is 0 Å². The summed E-state index contributed by atoms with van der Waals surface area (Å²) in [5.41, 5.74) is 0.487. The van der Waals surface area contributed by atoms with E-state index in [1.807, 2.05) is 0 Å². The van der Waals surface area contributed by atoms with E-state index < -0.39 is 32.4 Å². The van der Waals surface area contributed by atoms with E-state index in [1.165, 1.54) is 45.2 Å². The van der Waals surface area contributed by atoms with Crippen LogP contribution in [0.2, 0.25) is 0 Å². The lowest BCUT2D eigenvalue weighted by molar-refractivity contribution is -0.275. The molecule has 0 N–H and O–H groups in total. The van der Waals surface area contributed by atoms with Crippen LogP contribution in [-0.2, 0) is 10.0 Å². The molecule has 1 fully saturated rings. The van der Waals surface area contributed by atoms with E-state index in [-0.39, 0.29) is 6.54 Å². The van der Waals surface area contributed by atoms with Crippen molar-refractivity contribution in [2.45, 2.75) is 16.6 Å². The number of rotatable bonds is 7. The number of thioether (sulfide) groups is 1. The van der Waals surface area contributed by atoms with E-state index in [1.54, 1.807) is 12.1 Å². The predicted octanol–water partition coefficient (Wildman–Crippen LogP) is 4.05. The molecule has 1 aliphatic heterocycles. The van der Waals surface area contributed by atoms with Gasteiger partial charge in [0.05, 0.1) is 26.7 Å². The number of benzene rings is 2. The summed E-state index contributed by atoms with van der Waals surface area (Å²) in [6.45, 7) is 0.0928. The Morgan fingerprint density at radius 3 is 2.19 bits per heavy atom. The molecule has 1 aliphatic rings. The Labute approximate surface area is 182 Å². The monoisotopic (exact) mass is 479 g/mol. The molecule has 170 valence electrons. The van der Waals surface area contributed by atoms with Gasteiger partial charge in [-0.2, -0.15) is 4.31 Å². The summed E-state index contributed by atoms with van der Waals surface area (Å²) in [5.74, 6) is 0.763. The molecule has 0 aromatic heterocycles. The summed E-state index contributed by atoms with van der Waals surface area (Å²) in [4.78, 5) is -0.570. The molecule has 0 bridgehead atoms. The minimum absolute atomic E-state index is 0.0928. The molecule has 0 saturated carbocycles. The van der Waals surface area contributed by atoms with Crippen molar-refractivity contribution in [1.29, 1.82) is 0 Å². The molecular weight excluding hydrogens is 459 g/mol. The van der Waals surface area contributed by atoms with Gasteiger partial charge in [-0.25, -0.2) is 8.42 Å². The molecule has 0 amide bonds. The zero-order chi connectivity index (χ0) is 22.8. The molecule has 0 aliphatic carbocycles. The van der Waals surface area contributed by atoms with Gasteiger partial charge >= 0.3 is 6.36 Å². The fourth-order valence-corrected chi connectivity index (χ4v) is 6.55. The molecule has 7 nitrogen and oxygen atoms in total. The molecule has 3 rings (SSSR count). The molecule has 2 aromatic rings. The molecule has 12 heteroatoms. The van der Waals surface area contributed by atoms with Crippen LogP contribution in [0.25, 0.3) is 0 Å². The highest BCUT2D eigenvalue weighted by Gasteiger charge is 2.41. The summed E-state index contributed by atoms with van der Waals surface area (Å²) in [7, 11) is -0.0195. The molecule has 2 aromatic carbocycles. The average molecular weight is 479 g/mol. The zero-order valence-corrected chi connectivity index (χ0v) is 18.4. The van der Waals surface area contributed by atoms with Crippen molar-refractivity contribution in [1.82, 2.24) is 4.31 Å². The van der Waals surface area contributed by atoms with Crippen LogP contribution in [0.15, 0.2) is 41.3 Å². The number of hydrogen-bond acceptors (Lipinski definition) is 7. The van der Waals surface area contributed by atoms with E-state index in [0.717, 1.165) is 16.4 Å². The highest BCUT2D eigenvalue weighted by atomic mass is 32.2. The lowest BCUT2D eigenvalue weighted by Crippen LogP contribution is -2.31. The standard InChI is InChI=1S/C19H20F3NO6S2/c1-26-14-11-16(28-3)15(27-2)10-12(14)18-23(8-9-30-18)31(24,25)17-7-5-4-6-13(17)29-19(20,21)22/h4-7,10-11,18H,8-9H2,1-3H3. The fraction of sp³-hybridized carbons (Fsp3) is 0.368. The van der Waals surface area contributed by atoms with Crippen molar-refractivity contribution < 1.29 is 40.5 Å². The van der Waals surface area contributed by atoms with Gasteiger partial charge in [-0.15, -0.1) is 24.9 Å². The molecule has 1 saturated heterocycles. The van der Waals surface area contributed by atoms with Gasteiger partial charge in [-0.05, 0) is 18.2 Å². The van der Waals surface area contributed by atoms with E-state index in [4.69, 9.17) is 14.2 Å². The quantitative estimate of drug-likeness (QED) is 0.593. The number of para-hydroxylation sites is 1. The number of halogens is 3. The van der Waals surface area contributed by atoms with Crippen LogP contribution < -0.4 is 18.9 Å². The van der Waals surface area contributed by atoms with E-state index in [2.05, 4.69) is 4.74 Å². The van der Waals surface area contributed by atoms with Gasteiger partial charge in [0.2, 0.25) is 10.0 Å². The van der Waals surface area contributed by atoms with Gasteiger partial charge in [0.25, 0.3) is 0 Å². The third-order valence-corrected chi connectivity index (χ3v) is 7.79. The highest BCUT2D eigenvalue weighted by Crippen LogP contribution is 2.48. The minimum Gasteiger partial charge on any atom is -0.496 e. The van der Waals surface area contributed by atoms with Crippen LogP contribution in [0.4, 0.5) is 13.2 Å². The minimum atomic E-state index is -5.03. The lowest BCUT2D eigenvalue weighted by Gasteiger charge is -2.26. The lowest BCUT2D eigenvalue weighted by atomic mass is 10.1. The first-order valence-electron chi connectivity index (χ1n) is 8.90. The number of alkyl halides is 3. The first-order valence-corrected chi connectivity index (χ1v) is 11.4. The normalized spacial score (nSPS) is 17.4. The maximum Gasteiger partial charge on any atom is 0.573 e. The number of nitrogens with zero attached hydrogens (tertiary/aromatic N) is 1.